The number of alkyl halides is 3. The molecule has 1 amide bonds. The maximum absolute atomic E-state index is 13.5. The Morgan fingerprint density at radius 3 is 2.43 bits per heavy atom. The van der Waals surface area contributed by atoms with E-state index >= 15 is 0 Å². The lowest BCUT2D eigenvalue weighted by molar-refractivity contribution is -0.137. The Labute approximate surface area is 255 Å². The van der Waals surface area contributed by atoms with Gasteiger partial charge in [-0.3, -0.25) is 10.2 Å². The third-order valence-corrected chi connectivity index (χ3v) is 8.23. The molecule has 0 aliphatic carbocycles. The van der Waals surface area contributed by atoms with Gasteiger partial charge in [0.15, 0.2) is 5.69 Å². The summed E-state index contributed by atoms with van der Waals surface area (Å²) in [5.41, 5.74) is 4.91. The number of aromatic nitrogens is 2. The van der Waals surface area contributed by atoms with Gasteiger partial charge in [0.2, 0.25) is 0 Å². The number of nitrogens with one attached hydrogen (secondary N) is 2. The molecule has 6 nitrogen and oxygen atoms in total. The second-order valence-electron chi connectivity index (χ2n) is 9.69. The van der Waals surface area contributed by atoms with Gasteiger partial charge in [0.25, 0.3) is 5.91 Å². The summed E-state index contributed by atoms with van der Waals surface area (Å²) in [5.74, 6) is 5.65. The molecule has 4 aromatic rings. The molecular weight excluding hydrogens is 606 g/mol. The van der Waals surface area contributed by atoms with Gasteiger partial charge >= 0.3 is 6.18 Å². The average Bonchev–Trinajstić information content (AvgIpc) is 3.57. The van der Waals surface area contributed by atoms with Gasteiger partial charge in [0.1, 0.15) is 0 Å². The van der Waals surface area contributed by atoms with Crippen molar-refractivity contribution >= 4 is 40.4 Å². The maximum atomic E-state index is 13.5. The van der Waals surface area contributed by atoms with Crippen LogP contribution in [0.15, 0.2) is 54.6 Å². The van der Waals surface area contributed by atoms with Crippen molar-refractivity contribution in [3.63, 3.8) is 0 Å². The number of piperidine rings is 1. The van der Waals surface area contributed by atoms with Crippen LogP contribution in [0.25, 0.3) is 16.3 Å². The molecule has 2 N–H and O–H groups in total. The summed E-state index contributed by atoms with van der Waals surface area (Å²) in [6.07, 6.45) is -1.25. The van der Waals surface area contributed by atoms with Gasteiger partial charge in [0.05, 0.1) is 31.7 Å². The predicted molar refractivity (Wildman–Crippen MR) is 160 cm³/mol. The summed E-state index contributed by atoms with van der Waals surface area (Å²) in [6, 6.07) is 13.5. The zero-order chi connectivity index (χ0) is 29.9. The van der Waals surface area contributed by atoms with Gasteiger partial charge in [-0.2, -0.15) is 18.3 Å². The zero-order valence-electron chi connectivity index (χ0n) is 22.5. The zero-order valence-corrected chi connectivity index (χ0v) is 24.8. The number of amides is 1. The number of carbonyl (C=O) groups is 1. The molecule has 218 valence electrons. The molecule has 2 aromatic heterocycles. The topological polar surface area (TPSA) is 62.2 Å². The quantitative estimate of drug-likeness (QED) is 0.221. The van der Waals surface area contributed by atoms with Crippen molar-refractivity contribution in [1.82, 2.24) is 25.5 Å². The molecule has 1 aliphatic heterocycles. The number of halogens is 5. The highest BCUT2D eigenvalue weighted by Gasteiger charge is 2.30. The summed E-state index contributed by atoms with van der Waals surface area (Å²) < 4.78 is 40.4. The monoisotopic (exact) mass is 631 g/mol. The van der Waals surface area contributed by atoms with Crippen LogP contribution < -0.4 is 10.7 Å². The van der Waals surface area contributed by atoms with E-state index in [2.05, 4.69) is 22.6 Å². The van der Waals surface area contributed by atoms with Crippen molar-refractivity contribution < 1.29 is 18.0 Å². The van der Waals surface area contributed by atoms with E-state index in [0.29, 0.717) is 44.0 Å². The van der Waals surface area contributed by atoms with Crippen molar-refractivity contribution in [1.29, 1.82) is 0 Å². The van der Waals surface area contributed by atoms with Crippen LogP contribution in [0.2, 0.25) is 10.0 Å². The first kappa shape index (κ1) is 30.1. The first-order chi connectivity index (χ1) is 20.1. The van der Waals surface area contributed by atoms with Crippen molar-refractivity contribution in [2.75, 3.05) is 20.1 Å². The number of rotatable bonds is 6. The number of carbonyl (C=O) groups excluding carboxylic acids is 1. The average molecular weight is 633 g/mol. The van der Waals surface area contributed by atoms with Crippen molar-refractivity contribution in [2.24, 2.45) is 0 Å². The third kappa shape index (κ3) is 6.83. The van der Waals surface area contributed by atoms with Crippen molar-refractivity contribution in [2.45, 2.75) is 32.0 Å². The summed E-state index contributed by atoms with van der Waals surface area (Å²) in [7, 11) is 1.79. The number of nitrogens with zero attached hydrogens (tertiary/aromatic N) is 3. The van der Waals surface area contributed by atoms with E-state index in [9.17, 15) is 18.0 Å². The standard InChI is InChI=1S/C30H26Cl2F3N5OS/c1-36-18-23-27(29(41)38-39-15-3-2-4-16-39)37-40(25-13-10-21(31)17-24(25)32)28(23)26-14-12-22(42-26)11-7-19-5-8-20(9-6-19)30(33,34)35/h5-6,8-10,12-14,17,36H,2-4,15-16,18H2,1H3,(H,38,41). The minimum atomic E-state index is -4.40. The van der Waals surface area contributed by atoms with Gasteiger partial charge in [-0.15, -0.1) is 11.3 Å². The first-order valence-electron chi connectivity index (χ1n) is 13.2. The lowest BCUT2D eigenvalue weighted by Gasteiger charge is -2.26. The minimum absolute atomic E-state index is 0.265. The Balaban J connectivity index is 1.55. The summed E-state index contributed by atoms with van der Waals surface area (Å²) in [5, 5.41) is 10.6. The van der Waals surface area contributed by atoms with E-state index < -0.39 is 11.7 Å². The molecule has 0 atom stereocenters. The fraction of sp³-hybridized carbons (Fsp3) is 0.267. The normalized spacial score (nSPS) is 14.0. The Kier molecular flexibility index (Phi) is 9.25. The fourth-order valence-corrected chi connectivity index (χ4v) is 6.07. The predicted octanol–water partition coefficient (Wildman–Crippen LogP) is 7.18. The molecule has 0 unspecified atom stereocenters. The highest BCUT2D eigenvalue weighted by Crippen LogP contribution is 2.37. The Bertz CT molecular complexity index is 1650. The molecule has 0 saturated carbocycles. The second-order valence-corrected chi connectivity index (χ2v) is 11.6. The second kappa shape index (κ2) is 12.9. The number of hydrogen-bond donors (Lipinski definition) is 2. The van der Waals surface area contributed by atoms with E-state index in [0.717, 1.165) is 49.4 Å². The van der Waals surface area contributed by atoms with Crippen LogP contribution >= 0.6 is 34.5 Å². The number of thiophene rings is 1. The Hall–Kier alpha value is -3.33. The Morgan fingerprint density at radius 2 is 1.76 bits per heavy atom. The molecule has 5 rings (SSSR count). The molecule has 1 fully saturated rings. The number of hydrazine groups is 1. The molecule has 2 aromatic carbocycles. The SMILES string of the molecule is CNCc1c(C(=O)NN2CCCCC2)nn(-c2ccc(Cl)cc2Cl)c1-c1ccc(C#Cc2ccc(C(F)(F)F)cc2)s1. The van der Waals surface area contributed by atoms with Crippen molar-refractivity contribution in [3.8, 4) is 28.1 Å². The molecular formula is C30H26Cl2F3N5OS. The largest absolute Gasteiger partial charge is 0.416 e. The molecule has 3 heterocycles. The summed E-state index contributed by atoms with van der Waals surface area (Å²) in [6.45, 7) is 1.90. The van der Waals surface area contributed by atoms with E-state index in [1.54, 1.807) is 29.9 Å². The Morgan fingerprint density at radius 1 is 1.02 bits per heavy atom. The number of hydrogen-bond acceptors (Lipinski definition) is 5. The van der Waals surface area contributed by atoms with Crippen LogP contribution in [0, 0.1) is 11.8 Å². The van der Waals surface area contributed by atoms with E-state index in [-0.39, 0.29) is 11.6 Å². The van der Waals surface area contributed by atoms with Crippen LogP contribution in [0.1, 0.15) is 51.3 Å². The summed E-state index contributed by atoms with van der Waals surface area (Å²) >= 11 is 14.1. The molecule has 12 heteroatoms. The summed E-state index contributed by atoms with van der Waals surface area (Å²) in [4.78, 5) is 15.0. The molecule has 1 saturated heterocycles. The lowest BCUT2D eigenvalue weighted by atomic mass is 10.1. The first-order valence-corrected chi connectivity index (χ1v) is 14.8. The van der Waals surface area contributed by atoms with Gasteiger partial charge in [-0.25, -0.2) is 9.69 Å². The highest BCUT2D eigenvalue weighted by atomic mass is 35.5. The van der Waals surface area contributed by atoms with Gasteiger partial charge in [-0.05, 0) is 74.5 Å². The fourth-order valence-electron chi connectivity index (χ4n) is 4.67. The lowest BCUT2D eigenvalue weighted by Crippen LogP contribution is -2.45. The van der Waals surface area contributed by atoms with Gasteiger partial charge in [0, 0.05) is 35.8 Å². The number of benzene rings is 2. The van der Waals surface area contributed by atoms with Gasteiger partial charge in [-0.1, -0.05) is 41.5 Å². The van der Waals surface area contributed by atoms with Crippen LogP contribution in [-0.2, 0) is 12.7 Å². The van der Waals surface area contributed by atoms with Crippen LogP contribution in [0.5, 0.6) is 0 Å². The molecule has 0 radical (unpaired) electrons. The highest BCUT2D eigenvalue weighted by molar-refractivity contribution is 7.16. The third-order valence-electron chi connectivity index (χ3n) is 6.69. The minimum Gasteiger partial charge on any atom is -0.316 e. The molecule has 42 heavy (non-hydrogen) atoms. The van der Waals surface area contributed by atoms with E-state index in [4.69, 9.17) is 28.3 Å². The van der Waals surface area contributed by atoms with Gasteiger partial charge < -0.3 is 5.32 Å². The van der Waals surface area contributed by atoms with Crippen LogP contribution in [0.3, 0.4) is 0 Å². The molecule has 0 bridgehead atoms. The van der Waals surface area contributed by atoms with Crippen molar-refractivity contribution in [3.05, 3.63) is 91.9 Å². The molecule has 0 spiro atoms. The van der Waals surface area contributed by atoms with E-state index in [1.807, 2.05) is 17.1 Å². The smallest absolute Gasteiger partial charge is 0.316 e. The van der Waals surface area contributed by atoms with Crippen LogP contribution in [-0.4, -0.2) is 40.8 Å². The van der Waals surface area contributed by atoms with E-state index in [1.165, 1.54) is 23.5 Å². The maximum Gasteiger partial charge on any atom is 0.416 e. The van der Waals surface area contributed by atoms with Crippen LogP contribution in [0.4, 0.5) is 13.2 Å². The molecule has 1 aliphatic rings.